The first kappa shape index (κ1) is 22.3. The number of benzene rings is 3. The summed E-state index contributed by atoms with van der Waals surface area (Å²) in [6, 6.07) is 22.9. The van der Waals surface area contributed by atoms with E-state index in [4.69, 9.17) is 4.74 Å². The van der Waals surface area contributed by atoms with Crippen LogP contribution in [0, 0.1) is 12.8 Å². The maximum atomic E-state index is 13.2. The van der Waals surface area contributed by atoms with Crippen LogP contribution in [0.2, 0.25) is 0 Å². The van der Waals surface area contributed by atoms with Crippen LogP contribution in [0.3, 0.4) is 0 Å². The van der Waals surface area contributed by atoms with Gasteiger partial charge in [-0.25, -0.2) is 0 Å². The molecule has 1 amide bonds. The Morgan fingerprint density at radius 1 is 0.970 bits per heavy atom. The fourth-order valence-corrected chi connectivity index (χ4v) is 3.97. The number of ether oxygens (including phenoxy) is 1. The molecule has 4 rings (SSSR count). The van der Waals surface area contributed by atoms with E-state index < -0.39 is 17.7 Å². The quantitative estimate of drug-likeness (QED) is 0.305. The zero-order chi connectivity index (χ0) is 23.5. The van der Waals surface area contributed by atoms with Gasteiger partial charge in [0.1, 0.15) is 11.5 Å². The Morgan fingerprint density at radius 3 is 2.30 bits per heavy atom. The number of hydrogen-bond donors (Lipinski definition) is 1. The standard InChI is InChI=1S/C28H27NO4/c1-18(2)17-33-23-14-12-22(13-15-23)29-25(21-11-7-8-19(3)16-21)24(27(31)28(29)32)26(30)20-9-5-4-6-10-20/h4-16,18,25,30H,17H2,1-3H3/b26-24-. The summed E-state index contributed by atoms with van der Waals surface area (Å²) in [4.78, 5) is 27.9. The smallest absolute Gasteiger partial charge is 0.300 e. The number of Topliss-reactive ketones (excluding diaryl/α,β-unsaturated/α-hetero) is 1. The van der Waals surface area contributed by atoms with E-state index in [-0.39, 0.29) is 11.3 Å². The molecule has 5 heteroatoms. The van der Waals surface area contributed by atoms with Gasteiger partial charge in [-0.05, 0) is 42.7 Å². The maximum absolute atomic E-state index is 13.2. The topological polar surface area (TPSA) is 66.8 Å². The minimum Gasteiger partial charge on any atom is -0.507 e. The summed E-state index contributed by atoms with van der Waals surface area (Å²) in [6.45, 7) is 6.68. The summed E-state index contributed by atoms with van der Waals surface area (Å²) >= 11 is 0. The molecule has 5 nitrogen and oxygen atoms in total. The predicted molar refractivity (Wildman–Crippen MR) is 129 cm³/mol. The molecular formula is C28H27NO4. The summed E-state index contributed by atoms with van der Waals surface area (Å²) < 4.78 is 5.76. The third-order valence-electron chi connectivity index (χ3n) is 5.55. The van der Waals surface area contributed by atoms with Crippen LogP contribution in [-0.4, -0.2) is 23.4 Å². The average Bonchev–Trinajstić information content (AvgIpc) is 3.08. The molecule has 0 radical (unpaired) electrons. The molecule has 1 heterocycles. The van der Waals surface area contributed by atoms with Gasteiger partial charge in [-0.2, -0.15) is 0 Å². The van der Waals surface area contributed by atoms with Gasteiger partial charge in [-0.1, -0.05) is 74.0 Å². The van der Waals surface area contributed by atoms with Crippen molar-refractivity contribution >= 4 is 23.1 Å². The molecule has 0 aromatic heterocycles. The molecule has 0 aliphatic carbocycles. The molecule has 3 aromatic rings. The molecule has 1 saturated heterocycles. The highest BCUT2D eigenvalue weighted by atomic mass is 16.5. The number of aliphatic hydroxyl groups is 1. The molecule has 33 heavy (non-hydrogen) atoms. The molecule has 1 atom stereocenters. The lowest BCUT2D eigenvalue weighted by atomic mass is 9.94. The van der Waals surface area contributed by atoms with Crippen molar-refractivity contribution in [3.05, 3.63) is 101 Å². The molecule has 1 unspecified atom stereocenters. The predicted octanol–water partition coefficient (Wildman–Crippen LogP) is 5.66. The first-order chi connectivity index (χ1) is 15.9. The Balaban J connectivity index is 1.82. The van der Waals surface area contributed by atoms with E-state index in [0.717, 1.165) is 11.1 Å². The van der Waals surface area contributed by atoms with Crippen LogP contribution in [0.1, 0.15) is 36.6 Å². The maximum Gasteiger partial charge on any atom is 0.300 e. The van der Waals surface area contributed by atoms with Gasteiger partial charge in [0.25, 0.3) is 11.7 Å². The zero-order valence-electron chi connectivity index (χ0n) is 19.0. The molecule has 0 spiro atoms. The van der Waals surface area contributed by atoms with Crippen LogP contribution < -0.4 is 9.64 Å². The van der Waals surface area contributed by atoms with Crippen LogP contribution in [0.25, 0.3) is 5.76 Å². The Bertz CT molecular complexity index is 1200. The lowest BCUT2D eigenvalue weighted by Gasteiger charge is -2.26. The molecule has 1 N–H and O–H groups in total. The van der Waals surface area contributed by atoms with Crippen molar-refractivity contribution in [2.45, 2.75) is 26.8 Å². The van der Waals surface area contributed by atoms with Gasteiger partial charge >= 0.3 is 0 Å². The van der Waals surface area contributed by atoms with Crippen molar-refractivity contribution in [1.29, 1.82) is 0 Å². The summed E-state index contributed by atoms with van der Waals surface area (Å²) in [6.07, 6.45) is 0. The molecule has 0 bridgehead atoms. The van der Waals surface area contributed by atoms with Gasteiger partial charge in [0.15, 0.2) is 0 Å². The van der Waals surface area contributed by atoms with Gasteiger partial charge in [0.2, 0.25) is 0 Å². The van der Waals surface area contributed by atoms with Gasteiger partial charge in [-0.15, -0.1) is 0 Å². The second-order valence-corrected chi connectivity index (χ2v) is 8.65. The van der Waals surface area contributed by atoms with Crippen molar-refractivity contribution in [3.63, 3.8) is 0 Å². The average molecular weight is 442 g/mol. The molecule has 1 aliphatic heterocycles. The second-order valence-electron chi connectivity index (χ2n) is 8.65. The third kappa shape index (κ3) is 4.53. The van der Waals surface area contributed by atoms with Crippen LogP contribution >= 0.6 is 0 Å². The number of ketones is 1. The number of rotatable bonds is 6. The van der Waals surface area contributed by atoms with E-state index in [2.05, 4.69) is 13.8 Å². The van der Waals surface area contributed by atoms with E-state index >= 15 is 0 Å². The summed E-state index contributed by atoms with van der Waals surface area (Å²) in [5.41, 5.74) is 2.89. The first-order valence-corrected chi connectivity index (χ1v) is 11.0. The van der Waals surface area contributed by atoms with E-state index in [0.29, 0.717) is 29.5 Å². The Morgan fingerprint density at radius 2 is 1.67 bits per heavy atom. The van der Waals surface area contributed by atoms with E-state index in [1.165, 1.54) is 4.90 Å². The highest BCUT2D eigenvalue weighted by molar-refractivity contribution is 6.51. The summed E-state index contributed by atoms with van der Waals surface area (Å²) in [7, 11) is 0. The SMILES string of the molecule is Cc1cccc(C2/C(=C(/O)c3ccccc3)C(=O)C(=O)N2c2ccc(OCC(C)C)cc2)c1. The van der Waals surface area contributed by atoms with E-state index in [9.17, 15) is 14.7 Å². The van der Waals surface area contributed by atoms with Gasteiger partial charge in [0, 0.05) is 11.3 Å². The Labute approximate surface area is 193 Å². The molecule has 168 valence electrons. The molecule has 3 aromatic carbocycles. The monoisotopic (exact) mass is 441 g/mol. The number of aliphatic hydroxyl groups excluding tert-OH is 1. The number of aryl methyl sites for hydroxylation is 1. The highest BCUT2D eigenvalue weighted by Gasteiger charge is 2.46. The summed E-state index contributed by atoms with van der Waals surface area (Å²) in [5.74, 6) is -0.472. The Kier molecular flexibility index (Phi) is 6.31. The van der Waals surface area contributed by atoms with Crippen molar-refractivity contribution < 1.29 is 19.4 Å². The van der Waals surface area contributed by atoms with Crippen LogP contribution in [0.4, 0.5) is 5.69 Å². The van der Waals surface area contributed by atoms with Gasteiger partial charge in [0.05, 0.1) is 18.2 Å². The number of nitrogens with zero attached hydrogens (tertiary/aromatic N) is 1. The van der Waals surface area contributed by atoms with Crippen LogP contribution in [0.15, 0.2) is 84.4 Å². The second kappa shape index (κ2) is 9.33. The fraction of sp³-hybridized carbons (Fsp3) is 0.214. The van der Waals surface area contributed by atoms with E-state index in [1.54, 1.807) is 48.5 Å². The normalized spacial score (nSPS) is 17.6. The van der Waals surface area contributed by atoms with Crippen LogP contribution in [-0.2, 0) is 9.59 Å². The number of carbonyl (C=O) groups excluding carboxylic acids is 2. The van der Waals surface area contributed by atoms with Gasteiger partial charge < -0.3 is 9.84 Å². The van der Waals surface area contributed by atoms with Crippen molar-refractivity contribution in [2.24, 2.45) is 5.92 Å². The fourth-order valence-electron chi connectivity index (χ4n) is 3.97. The van der Waals surface area contributed by atoms with Crippen molar-refractivity contribution in [2.75, 3.05) is 11.5 Å². The number of hydrogen-bond acceptors (Lipinski definition) is 4. The third-order valence-corrected chi connectivity index (χ3v) is 5.55. The van der Waals surface area contributed by atoms with E-state index in [1.807, 2.05) is 37.3 Å². The molecule has 1 fully saturated rings. The van der Waals surface area contributed by atoms with Gasteiger partial charge in [-0.3, -0.25) is 14.5 Å². The summed E-state index contributed by atoms with van der Waals surface area (Å²) in [5, 5.41) is 11.1. The molecular weight excluding hydrogens is 414 g/mol. The minimum atomic E-state index is -0.743. The van der Waals surface area contributed by atoms with Crippen LogP contribution in [0.5, 0.6) is 5.75 Å². The number of carbonyl (C=O) groups is 2. The lowest BCUT2D eigenvalue weighted by molar-refractivity contribution is -0.132. The first-order valence-electron chi connectivity index (χ1n) is 11.0. The number of amides is 1. The molecule has 1 aliphatic rings. The zero-order valence-corrected chi connectivity index (χ0v) is 19.0. The largest absolute Gasteiger partial charge is 0.507 e. The molecule has 0 saturated carbocycles. The Hall–Kier alpha value is -3.86. The minimum absolute atomic E-state index is 0.0805. The van der Waals surface area contributed by atoms with Crippen molar-refractivity contribution in [1.82, 2.24) is 0 Å². The highest BCUT2D eigenvalue weighted by Crippen LogP contribution is 2.42. The number of anilines is 1. The van der Waals surface area contributed by atoms with Crippen molar-refractivity contribution in [3.8, 4) is 5.75 Å². The lowest BCUT2D eigenvalue weighted by Crippen LogP contribution is -2.29.